The van der Waals surface area contributed by atoms with E-state index in [0.717, 1.165) is 12.2 Å². The zero-order chi connectivity index (χ0) is 14.5. The van der Waals surface area contributed by atoms with Gasteiger partial charge >= 0.3 is 0 Å². The first-order valence-corrected chi connectivity index (χ1v) is 6.81. The van der Waals surface area contributed by atoms with Crippen LogP contribution in [0, 0.1) is 5.82 Å². The van der Waals surface area contributed by atoms with Gasteiger partial charge in [-0.2, -0.15) is 0 Å². The van der Waals surface area contributed by atoms with Gasteiger partial charge in [-0.25, -0.2) is 4.39 Å². The van der Waals surface area contributed by atoms with Crippen LogP contribution in [0.2, 0.25) is 0 Å². The lowest BCUT2D eigenvalue weighted by Gasteiger charge is -2.09. The molecule has 0 bridgehead atoms. The summed E-state index contributed by atoms with van der Waals surface area (Å²) in [4.78, 5) is 0.187. The molecule has 2 aromatic carbocycles. The highest BCUT2D eigenvalue weighted by molar-refractivity contribution is 7.80. The summed E-state index contributed by atoms with van der Waals surface area (Å²) in [7, 11) is 0. The second-order valence-corrected chi connectivity index (χ2v) is 4.90. The average Bonchev–Trinajstić information content (AvgIpc) is 2.46. The fourth-order valence-corrected chi connectivity index (χ4v) is 1.96. The maximum Gasteiger partial charge on any atom is 0.130 e. The van der Waals surface area contributed by atoms with Gasteiger partial charge in [-0.1, -0.05) is 43.4 Å². The van der Waals surface area contributed by atoms with Gasteiger partial charge in [0.15, 0.2) is 0 Å². The first-order valence-electron chi connectivity index (χ1n) is 6.40. The Hall–Kier alpha value is -1.94. The van der Waals surface area contributed by atoms with Crippen molar-refractivity contribution in [2.45, 2.75) is 20.0 Å². The Bertz CT molecular complexity index is 628. The van der Waals surface area contributed by atoms with E-state index in [1.54, 1.807) is 12.1 Å². The molecule has 0 unspecified atom stereocenters. The third-order valence-corrected chi connectivity index (χ3v) is 3.27. The summed E-state index contributed by atoms with van der Waals surface area (Å²) >= 11 is 4.81. The molecule has 0 aliphatic heterocycles. The maximum absolute atomic E-state index is 13.9. The van der Waals surface area contributed by atoms with E-state index < -0.39 is 0 Å². The smallest absolute Gasteiger partial charge is 0.130 e. The molecule has 104 valence electrons. The topological polar surface area (TPSA) is 35.2 Å². The van der Waals surface area contributed by atoms with Gasteiger partial charge in [0.25, 0.3) is 0 Å². The standard InChI is InChI=1S/C16H16FNOS/c1-2-11-4-3-5-14(8-11)19-10-13-7-6-12(16(18)20)9-15(13)17/h3-9H,2,10H2,1H3,(H2,18,20). The van der Waals surface area contributed by atoms with Crippen molar-refractivity contribution >= 4 is 17.2 Å². The van der Waals surface area contributed by atoms with Crippen LogP contribution in [-0.2, 0) is 13.0 Å². The van der Waals surface area contributed by atoms with E-state index in [0.29, 0.717) is 11.1 Å². The first kappa shape index (κ1) is 14.5. The Morgan fingerprint density at radius 1 is 1.25 bits per heavy atom. The summed E-state index contributed by atoms with van der Waals surface area (Å²) in [6.07, 6.45) is 0.939. The molecule has 0 aliphatic rings. The van der Waals surface area contributed by atoms with Crippen molar-refractivity contribution in [3.8, 4) is 5.75 Å². The molecule has 0 amide bonds. The second kappa shape index (κ2) is 6.48. The van der Waals surface area contributed by atoms with Crippen LogP contribution in [0.1, 0.15) is 23.6 Å². The molecule has 0 radical (unpaired) electrons. The number of thiocarbonyl (C=S) groups is 1. The zero-order valence-corrected chi connectivity index (χ0v) is 12.0. The molecule has 2 N–H and O–H groups in total. The summed E-state index contributed by atoms with van der Waals surface area (Å²) in [5, 5.41) is 0. The van der Waals surface area contributed by atoms with E-state index >= 15 is 0 Å². The highest BCUT2D eigenvalue weighted by atomic mass is 32.1. The summed E-state index contributed by atoms with van der Waals surface area (Å²) in [6.45, 7) is 2.25. The average molecular weight is 289 g/mol. The maximum atomic E-state index is 13.9. The fourth-order valence-electron chi connectivity index (χ4n) is 1.83. The van der Waals surface area contributed by atoms with Crippen LogP contribution in [0.5, 0.6) is 5.75 Å². The van der Waals surface area contributed by atoms with Gasteiger partial charge in [0.05, 0.1) is 0 Å². The van der Waals surface area contributed by atoms with E-state index in [4.69, 9.17) is 22.7 Å². The van der Waals surface area contributed by atoms with Crippen molar-refractivity contribution in [2.24, 2.45) is 5.73 Å². The Balaban J connectivity index is 2.08. The van der Waals surface area contributed by atoms with E-state index in [9.17, 15) is 4.39 Å². The number of halogens is 1. The van der Waals surface area contributed by atoms with Gasteiger partial charge in [0.1, 0.15) is 23.2 Å². The van der Waals surface area contributed by atoms with Crippen LogP contribution in [0.3, 0.4) is 0 Å². The number of benzene rings is 2. The van der Waals surface area contributed by atoms with E-state index in [-0.39, 0.29) is 17.4 Å². The number of aryl methyl sites for hydroxylation is 1. The summed E-state index contributed by atoms with van der Waals surface area (Å²) < 4.78 is 19.5. The highest BCUT2D eigenvalue weighted by Gasteiger charge is 2.06. The summed E-state index contributed by atoms with van der Waals surface area (Å²) in [5.41, 5.74) is 7.65. The lowest BCUT2D eigenvalue weighted by Crippen LogP contribution is -2.10. The monoisotopic (exact) mass is 289 g/mol. The molecule has 0 fully saturated rings. The lowest BCUT2D eigenvalue weighted by atomic mass is 10.1. The van der Waals surface area contributed by atoms with Crippen LogP contribution >= 0.6 is 12.2 Å². The summed E-state index contributed by atoms with van der Waals surface area (Å²) in [6, 6.07) is 12.5. The van der Waals surface area contributed by atoms with E-state index in [1.807, 2.05) is 24.3 Å². The fraction of sp³-hybridized carbons (Fsp3) is 0.188. The number of nitrogens with two attached hydrogens (primary N) is 1. The molecule has 0 heterocycles. The SMILES string of the molecule is CCc1cccc(OCc2ccc(C(N)=S)cc2F)c1. The second-order valence-electron chi connectivity index (χ2n) is 4.46. The van der Waals surface area contributed by atoms with Crippen LogP contribution in [-0.4, -0.2) is 4.99 Å². The molecule has 4 heteroatoms. The zero-order valence-electron chi connectivity index (χ0n) is 11.2. The number of rotatable bonds is 5. The normalized spacial score (nSPS) is 10.3. The molecule has 0 aliphatic carbocycles. The molecule has 2 aromatic rings. The van der Waals surface area contributed by atoms with Crippen molar-refractivity contribution in [1.29, 1.82) is 0 Å². The van der Waals surface area contributed by atoms with Crippen LogP contribution in [0.4, 0.5) is 4.39 Å². The van der Waals surface area contributed by atoms with Gasteiger partial charge in [-0.05, 0) is 30.2 Å². The van der Waals surface area contributed by atoms with Crippen LogP contribution in [0.25, 0.3) is 0 Å². The highest BCUT2D eigenvalue weighted by Crippen LogP contribution is 2.17. The molecule has 0 saturated carbocycles. The molecule has 2 rings (SSSR count). The lowest BCUT2D eigenvalue weighted by molar-refractivity contribution is 0.299. The Labute approximate surface area is 123 Å². The van der Waals surface area contributed by atoms with Crippen molar-refractivity contribution in [1.82, 2.24) is 0 Å². The number of hydrogen-bond acceptors (Lipinski definition) is 2. The Kier molecular flexibility index (Phi) is 4.69. The molecule has 0 aromatic heterocycles. The molecular weight excluding hydrogens is 273 g/mol. The van der Waals surface area contributed by atoms with Crippen molar-refractivity contribution in [2.75, 3.05) is 0 Å². The van der Waals surface area contributed by atoms with Gasteiger partial charge < -0.3 is 10.5 Å². The van der Waals surface area contributed by atoms with E-state index in [2.05, 4.69) is 6.92 Å². The molecule has 0 saturated heterocycles. The van der Waals surface area contributed by atoms with Crippen molar-refractivity contribution in [3.63, 3.8) is 0 Å². The quantitative estimate of drug-likeness (QED) is 0.854. The van der Waals surface area contributed by atoms with Gasteiger partial charge in [0, 0.05) is 11.1 Å². The molecular formula is C16H16FNOS. The number of ether oxygens (including phenoxy) is 1. The summed E-state index contributed by atoms with van der Waals surface area (Å²) in [5.74, 6) is 0.379. The van der Waals surface area contributed by atoms with Crippen molar-refractivity contribution < 1.29 is 9.13 Å². The first-order chi connectivity index (χ1) is 9.60. The van der Waals surface area contributed by atoms with Crippen LogP contribution in [0.15, 0.2) is 42.5 Å². The largest absolute Gasteiger partial charge is 0.489 e. The third kappa shape index (κ3) is 3.54. The number of hydrogen-bond donors (Lipinski definition) is 1. The van der Waals surface area contributed by atoms with Crippen molar-refractivity contribution in [3.05, 3.63) is 65.0 Å². The minimum absolute atomic E-state index is 0.177. The minimum Gasteiger partial charge on any atom is -0.489 e. The predicted molar refractivity (Wildman–Crippen MR) is 82.4 cm³/mol. The molecule has 20 heavy (non-hydrogen) atoms. The molecule has 2 nitrogen and oxygen atoms in total. The van der Waals surface area contributed by atoms with Gasteiger partial charge in [0.2, 0.25) is 0 Å². The predicted octanol–water partition coefficient (Wildman–Crippen LogP) is 3.60. The molecule has 0 atom stereocenters. The molecule has 0 spiro atoms. The minimum atomic E-state index is -0.359. The Morgan fingerprint density at radius 3 is 2.70 bits per heavy atom. The van der Waals surface area contributed by atoms with Crippen LogP contribution < -0.4 is 10.5 Å². The third-order valence-electron chi connectivity index (χ3n) is 3.04. The van der Waals surface area contributed by atoms with E-state index in [1.165, 1.54) is 11.6 Å². The van der Waals surface area contributed by atoms with Gasteiger partial charge in [-0.3, -0.25) is 0 Å². The Morgan fingerprint density at radius 2 is 2.05 bits per heavy atom. The van der Waals surface area contributed by atoms with Gasteiger partial charge in [-0.15, -0.1) is 0 Å².